The number of ether oxygens (including phenoxy) is 3. The molecule has 0 atom stereocenters. The highest BCUT2D eigenvalue weighted by atomic mass is 32.1. The first-order chi connectivity index (χ1) is 16.9. The largest absolute Gasteiger partial charge is 0.465 e. The number of nitrogens with one attached hydrogen (secondary N) is 2. The van der Waals surface area contributed by atoms with Gasteiger partial charge in [-0.15, -0.1) is 22.7 Å². The zero-order valence-corrected chi connectivity index (χ0v) is 20.3. The van der Waals surface area contributed by atoms with E-state index in [0.29, 0.717) is 22.1 Å². The Bertz CT molecular complexity index is 1330. The second-order valence-corrected chi connectivity index (χ2v) is 9.28. The minimum atomic E-state index is -0.564. The first kappa shape index (κ1) is 24.3. The van der Waals surface area contributed by atoms with E-state index in [9.17, 15) is 19.2 Å². The molecule has 35 heavy (non-hydrogen) atoms. The molecule has 0 fully saturated rings. The molecule has 0 unspecified atom stereocenters. The fourth-order valence-corrected chi connectivity index (χ4v) is 5.55. The van der Waals surface area contributed by atoms with E-state index in [4.69, 9.17) is 14.2 Å². The molecule has 4 aromatic rings. The number of amides is 2. The fourth-order valence-electron chi connectivity index (χ4n) is 3.40. The smallest absolute Gasteiger partial charge is 0.350 e. The van der Waals surface area contributed by atoms with Gasteiger partial charge < -0.3 is 24.8 Å². The van der Waals surface area contributed by atoms with Crippen molar-refractivity contribution in [2.45, 2.75) is 0 Å². The van der Waals surface area contributed by atoms with Crippen molar-refractivity contribution in [2.75, 3.05) is 38.1 Å². The lowest BCUT2D eigenvalue weighted by Gasteiger charge is -2.09. The molecule has 0 aliphatic carbocycles. The van der Waals surface area contributed by atoms with Crippen LogP contribution in [0.5, 0.6) is 0 Å². The maximum atomic E-state index is 12.5. The maximum Gasteiger partial charge on any atom is 0.350 e. The Morgan fingerprint density at radius 3 is 1.49 bits per heavy atom. The van der Waals surface area contributed by atoms with Crippen LogP contribution in [0.4, 0.5) is 11.4 Å². The van der Waals surface area contributed by atoms with E-state index in [0.717, 1.165) is 9.40 Å². The summed E-state index contributed by atoms with van der Waals surface area (Å²) in [7, 11) is 2.53. The molecule has 2 aromatic heterocycles. The number of hydrogen-bond acceptors (Lipinski definition) is 9. The van der Waals surface area contributed by atoms with Crippen LogP contribution >= 0.6 is 22.7 Å². The molecular weight excluding hydrogens is 492 g/mol. The van der Waals surface area contributed by atoms with Crippen molar-refractivity contribution in [2.24, 2.45) is 0 Å². The van der Waals surface area contributed by atoms with Gasteiger partial charge >= 0.3 is 11.9 Å². The molecule has 2 amide bonds. The van der Waals surface area contributed by atoms with Gasteiger partial charge in [-0.2, -0.15) is 0 Å². The molecule has 9 nitrogen and oxygen atoms in total. The summed E-state index contributed by atoms with van der Waals surface area (Å²) in [6.45, 7) is -0.848. The van der Waals surface area contributed by atoms with Crippen molar-refractivity contribution >= 4 is 78.0 Å². The summed E-state index contributed by atoms with van der Waals surface area (Å²) < 4.78 is 16.5. The molecule has 0 radical (unpaired) electrons. The van der Waals surface area contributed by atoms with Gasteiger partial charge in [-0.3, -0.25) is 9.59 Å². The van der Waals surface area contributed by atoms with E-state index in [1.165, 1.54) is 36.9 Å². The van der Waals surface area contributed by atoms with E-state index in [1.807, 2.05) is 24.3 Å². The maximum absolute atomic E-state index is 12.5. The number of carbonyl (C=O) groups excluding carboxylic acids is 4. The lowest BCUT2D eigenvalue weighted by molar-refractivity contribution is -0.125. The van der Waals surface area contributed by atoms with Crippen molar-refractivity contribution in [3.05, 3.63) is 58.3 Å². The minimum Gasteiger partial charge on any atom is -0.465 e. The van der Waals surface area contributed by atoms with Crippen LogP contribution in [0.2, 0.25) is 0 Å². The molecule has 2 heterocycles. The van der Waals surface area contributed by atoms with Gasteiger partial charge in [-0.1, -0.05) is 36.4 Å². The van der Waals surface area contributed by atoms with Crippen LogP contribution in [0, 0.1) is 0 Å². The number of carbonyl (C=O) groups is 4. The summed E-state index contributed by atoms with van der Waals surface area (Å²) in [5, 5.41) is 6.75. The highest BCUT2D eigenvalue weighted by molar-refractivity contribution is 7.22. The van der Waals surface area contributed by atoms with E-state index in [1.54, 1.807) is 24.3 Å². The predicted octanol–water partition coefficient (Wildman–Crippen LogP) is 4.28. The lowest BCUT2D eigenvalue weighted by atomic mass is 10.2. The number of anilines is 2. The van der Waals surface area contributed by atoms with Gasteiger partial charge in [0.1, 0.15) is 23.0 Å². The summed E-state index contributed by atoms with van der Waals surface area (Å²) >= 11 is 2.41. The number of methoxy groups -OCH3 is 2. The van der Waals surface area contributed by atoms with Gasteiger partial charge in [-0.25, -0.2) is 9.59 Å². The van der Waals surface area contributed by atoms with Crippen molar-refractivity contribution in [3.63, 3.8) is 0 Å². The predicted molar refractivity (Wildman–Crippen MR) is 134 cm³/mol. The summed E-state index contributed by atoms with van der Waals surface area (Å²) in [6, 6.07) is 14.5. The SMILES string of the molecule is COC(=O)c1sc2ccccc2c1NC(=O)COCC(=O)Nc1c(C(=O)OC)sc2ccccc12. The van der Waals surface area contributed by atoms with E-state index >= 15 is 0 Å². The van der Waals surface area contributed by atoms with E-state index < -0.39 is 37.0 Å². The quantitative estimate of drug-likeness (QED) is 0.338. The number of hydrogen-bond donors (Lipinski definition) is 2. The van der Waals surface area contributed by atoms with Crippen molar-refractivity contribution in [1.29, 1.82) is 0 Å². The zero-order chi connectivity index (χ0) is 24.9. The molecule has 4 rings (SSSR count). The third-order valence-electron chi connectivity index (χ3n) is 4.93. The molecule has 0 saturated carbocycles. The van der Waals surface area contributed by atoms with Gasteiger partial charge in [0.25, 0.3) is 0 Å². The molecule has 0 aliphatic heterocycles. The van der Waals surface area contributed by atoms with Crippen LogP contribution in [0.25, 0.3) is 20.2 Å². The second-order valence-electron chi connectivity index (χ2n) is 7.18. The molecule has 0 saturated heterocycles. The van der Waals surface area contributed by atoms with Crippen molar-refractivity contribution < 1.29 is 33.4 Å². The molecule has 2 aromatic carbocycles. The molecule has 2 N–H and O–H groups in total. The zero-order valence-electron chi connectivity index (χ0n) is 18.7. The topological polar surface area (TPSA) is 120 Å². The Morgan fingerprint density at radius 2 is 1.09 bits per heavy atom. The lowest BCUT2D eigenvalue weighted by Crippen LogP contribution is -2.24. The number of benzene rings is 2. The number of esters is 2. The molecule has 0 aliphatic rings. The first-order valence-electron chi connectivity index (χ1n) is 10.3. The van der Waals surface area contributed by atoms with Crippen LogP contribution in [0.3, 0.4) is 0 Å². The van der Waals surface area contributed by atoms with Gasteiger partial charge in [0, 0.05) is 20.2 Å². The summed E-state index contributed by atoms with van der Waals surface area (Å²) in [5.41, 5.74) is 0.672. The van der Waals surface area contributed by atoms with Crippen LogP contribution in [0.15, 0.2) is 48.5 Å². The molecule has 180 valence electrons. The van der Waals surface area contributed by atoms with Crippen molar-refractivity contribution in [3.8, 4) is 0 Å². The summed E-state index contributed by atoms with van der Waals surface area (Å²) in [4.78, 5) is 49.8. The Kier molecular flexibility index (Phi) is 7.39. The Hall–Kier alpha value is -3.80. The van der Waals surface area contributed by atoms with Gasteiger partial charge in [0.15, 0.2) is 0 Å². The monoisotopic (exact) mass is 512 g/mol. The standard InChI is InChI=1S/C24H20N2O7S2/c1-31-23(29)21-19(13-7-3-5-9-15(13)34-21)25-17(27)11-33-12-18(28)26-20-14-8-4-6-10-16(14)35-22(20)24(30)32-2/h3-10H,11-12H2,1-2H3,(H,25,27)(H,26,28). The highest BCUT2D eigenvalue weighted by Crippen LogP contribution is 2.37. The third-order valence-corrected chi connectivity index (χ3v) is 7.23. The number of rotatable bonds is 8. The summed E-state index contributed by atoms with van der Waals surface area (Å²) in [6.07, 6.45) is 0. The highest BCUT2D eigenvalue weighted by Gasteiger charge is 2.22. The second kappa shape index (κ2) is 10.6. The summed E-state index contributed by atoms with van der Waals surface area (Å²) in [5.74, 6) is -2.21. The van der Waals surface area contributed by atoms with Crippen LogP contribution in [-0.4, -0.2) is 51.2 Å². The Balaban J connectivity index is 1.40. The third kappa shape index (κ3) is 5.16. The molecular formula is C24H20N2O7S2. The van der Waals surface area contributed by atoms with Crippen LogP contribution in [0.1, 0.15) is 19.3 Å². The number of fused-ring (bicyclic) bond motifs is 2. The average Bonchev–Trinajstić information content (AvgIpc) is 3.42. The molecule has 0 bridgehead atoms. The van der Waals surface area contributed by atoms with Gasteiger partial charge in [0.05, 0.1) is 25.6 Å². The van der Waals surface area contributed by atoms with Crippen molar-refractivity contribution in [1.82, 2.24) is 0 Å². The van der Waals surface area contributed by atoms with Gasteiger partial charge in [-0.05, 0) is 12.1 Å². The minimum absolute atomic E-state index is 0.263. The number of thiophene rings is 2. The van der Waals surface area contributed by atoms with Gasteiger partial charge in [0.2, 0.25) is 11.8 Å². The molecule has 11 heteroatoms. The Morgan fingerprint density at radius 1 is 0.686 bits per heavy atom. The van der Waals surface area contributed by atoms with Crippen LogP contribution in [-0.2, 0) is 23.8 Å². The Labute approximate surface area is 207 Å². The van der Waals surface area contributed by atoms with E-state index in [2.05, 4.69) is 10.6 Å². The normalized spacial score (nSPS) is 10.8. The van der Waals surface area contributed by atoms with Crippen LogP contribution < -0.4 is 10.6 Å². The van der Waals surface area contributed by atoms with E-state index in [-0.39, 0.29) is 9.75 Å². The molecule has 0 spiro atoms. The fraction of sp³-hybridized carbons (Fsp3) is 0.167. The first-order valence-corrected chi connectivity index (χ1v) is 11.9. The average molecular weight is 513 g/mol.